The number of thioether (sulfide) groups is 1. The van der Waals surface area contributed by atoms with Gasteiger partial charge in [-0.05, 0) is 42.7 Å². The average Bonchev–Trinajstić information content (AvgIpc) is 2.59. The summed E-state index contributed by atoms with van der Waals surface area (Å²) in [6.45, 7) is 3.66. The number of carboxylic acids is 1. The SMILES string of the molecule is C=CCSc1ccccc1NS(=O)(=O)c1ccc(CCC(=O)[O-])cc1. The summed E-state index contributed by atoms with van der Waals surface area (Å²) < 4.78 is 27.7. The van der Waals surface area contributed by atoms with Gasteiger partial charge in [0.25, 0.3) is 10.0 Å². The minimum Gasteiger partial charge on any atom is -0.550 e. The minimum atomic E-state index is -3.73. The van der Waals surface area contributed by atoms with Crippen LogP contribution in [0.15, 0.2) is 71.0 Å². The molecule has 0 aliphatic carbocycles. The first-order valence-electron chi connectivity index (χ1n) is 7.56. The number of hydrogen-bond donors (Lipinski definition) is 1. The van der Waals surface area contributed by atoms with Crippen molar-refractivity contribution in [2.24, 2.45) is 0 Å². The third kappa shape index (κ3) is 5.65. The lowest BCUT2D eigenvalue weighted by atomic mass is 10.1. The molecule has 0 saturated heterocycles. The van der Waals surface area contributed by atoms with Gasteiger partial charge in [-0.1, -0.05) is 30.3 Å². The van der Waals surface area contributed by atoms with E-state index in [1.807, 2.05) is 12.1 Å². The van der Waals surface area contributed by atoms with Gasteiger partial charge in [0.05, 0.1) is 10.6 Å². The number of carboxylic acid groups (broad SMARTS) is 1. The van der Waals surface area contributed by atoms with Gasteiger partial charge in [-0.3, -0.25) is 4.72 Å². The second-order valence-corrected chi connectivity index (χ2v) is 7.96. The first kappa shape index (κ1) is 19.1. The van der Waals surface area contributed by atoms with Crippen LogP contribution in [0.25, 0.3) is 0 Å². The highest BCUT2D eigenvalue weighted by molar-refractivity contribution is 7.99. The van der Waals surface area contributed by atoms with E-state index in [9.17, 15) is 18.3 Å². The highest BCUT2D eigenvalue weighted by Gasteiger charge is 2.16. The van der Waals surface area contributed by atoms with Gasteiger partial charge < -0.3 is 9.90 Å². The highest BCUT2D eigenvalue weighted by atomic mass is 32.2. The maximum absolute atomic E-state index is 12.6. The quantitative estimate of drug-likeness (QED) is 0.537. The number of aliphatic carboxylic acids is 1. The van der Waals surface area contributed by atoms with E-state index in [4.69, 9.17) is 0 Å². The van der Waals surface area contributed by atoms with Crippen molar-refractivity contribution in [1.82, 2.24) is 0 Å². The summed E-state index contributed by atoms with van der Waals surface area (Å²) in [5.41, 5.74) is 1.25. The maximum atomic E-state index is 12.6. The second kappa shape index (κ2) is 8.73. The van der Waals surface area contributed by atoms with Crippen LogP contribution in [0.2, 0.25) is 0 Å². The van der Waals surface area contributed by atoms with E-state index in [2.05, 4.69) is 11.3 Å². The van der Waals surface area contributed by atoms with Gasteiger partial charge in [-0.2, -0.15) is 0 Å². The Hall–Kier alpha value is -2.25. The molecule has 1 N–H and O–H groups in total. The summed E-state index contributed by atoms with van der Waals surface area (Å²) in [7, 11) is -3.73. The molecule has 7 heteroatoms. The molecule has 0 bridgehead atoms. The molecular weight excluding hydrogens is 358 g/mol. The molecule has 0 fully saturated rings. The van der Waals surface area contributed by atoms with Crippen molar-refractivity contribution in [3.05, 3.63) is 66.7 Å². The molecule has 0 aliphatic heterocycles. The molecule has 2 aromatic rings. The molecule has 132 valence electrons. The number of para-hydroxylation sites is 1. The summed E-state index contributed by atoms with van der Waals surface area (Å²) in [4.78, 5) is 11.4. The Labute approximate surface area is 151 Å². The zero-order chi connectivity index (χ0) is 18.3. The number of hydrogen-bond acceptors (Lipinski definition) is 5. The van der Waals surface area contributed by atoms with Gasteiger partial charge >= 0.3 is 0 Å². The van der Waals surface area contributed by atoms with Crippen LogP contribution in [0, 0.1) is 0 Å². The van der Waals surface area contributed by atoms with Gasteiger partial charge in [0, 0.05) is 16.6 Å². The number of benzene rings is 2. The summed E-state index contributed by atoms with van der Waals surface area (Å²) >= 11 is 1.49. The summed E-state index contributed by atoms with van der Waals surface area (Å²) in [6, 6.07) is 13.3. The lowest BCUT2D eigenvalue weighted by Crippen LogP contribution is -2.22. The molecule has 0 aliphatic rings. The lowest BCUT2D eigenvalue weighted by Gasteiger charge is -2.12. The van der Waals surface area contributed by atoms with Crippen LogP contribution in [-0.2, 0) is 21.2 Å². The molecule has 0 radical (unpaired) electrons. The Morgan fingerprint density at radius 1 is 1.16 bits per heavy atom. The number of rotatable bonds is 9. The normalized spacial score (nSPS) is 11.0. The first-order chi connectivity index (χ1) is 11.9. The van der Waals surface area contributed by atoms with E-state index in [0.29, 0.717) is 17.9 Å². The predicted molar refractivity (Wildman–Crippen MR) is 97.9 cm³/mol. The molecule has 0 aromatic heterocycles. The molecule has 0 spiro atoms. The summed E-state index contributed by atoms with van der Waals surface area (Å²) in [6.07, 6.45) is 1.96. The Morgan fingerprint density at radius 2 is 1.84 bits per heavy atom. The predicted octanol–water partition coefficient (Wildman–Crippen LogP) is 2.45. The van der Waals surface area contributed by atoms with Crippen LogP contribution < -0.4 is 9.83 Å². The number of carbonyl (C=O) groups is 1. The molecule has 0 amide bonds. The van der Waals surface area contributed by atoms with Crippen molar-refractivity contribution >= 4 is 33.4 Å². The summed E-state index contributed by atoms with van der Waals surface area (Å²) in [5, 5.41) is 10.5. The number of anilines is 1. The van der Waals surface area contributed by atoms with Gasteiger partial charge in [0.1, 0.15) is 0 Å². The van der Waals surface area contributed by atoms with Crippen LogP contribution in [0.5, 0.6) is 0 Å². The van der Waals surface area contributed by atoms with E-state index in [0.717, 1.165) is 10.5 Å². The van der Waals surface area contributed by atoms with E-state index in [1.165, 1.54) is 23.9 Å². The van der Waals surface area contributed by atoms with Crippen LogP contribution >= 0.6 is 11.8 Å². The van der Waals surface area contributed by atoms with Crippen molar-refractivity contribution in [1.29, 1.82) is 0 Å². The highest BCUT2D eigenvalue weighted by Crippen LogP contribution is 2.29. The third-order valence-electron chi connectivity index (χ3n) is 3.34. The largest absolute Gasteiger partial charge is 0.550 e. The molecule has 0 atom stereocenters. The fourth-order valence-electron chi connectivity index (χ4n) is 2.11. The Bertz CT molecular complexity index is 846. The van der Waals surface area contributed by atoms with E-state index in [-0.39, 0.29) is 11.3 Å². The molecule has 0 heterocycles. The number of aryl methyl sites for hydroxylation is 1. The molecule has 2 rings (SSSR count). The van der Waals surface area contributed by atoms with E-state index < -0.39 is 16.0 Å². The van der Waals surface area contributed by atoms with Gasteiger partial charge in [0.2, 0.25) is 0 Å². The third-order valence-corrected chi connectivity index (χ3v) is 5.79. The summed E-state index contributed by atoms with van der Waals surface area (Å²) in [5.74, 6) is -0.460. The van der Waals surface area contributed by atoms with Gasteiger partial charge in [-0.25, -0.2) is 8.42 Å². The monoisotopic (exact) mass is 376 g/mol. The van der Waals surface area contributed by atoms with Crippen LogP contribution in [0.4, 0.5) is 5.69 Å². The van der Waals surface area contributed by atoms with Crippen molar-refractivity contribution in [3.63, 3.8) is 0 Å². The molecule has 5 nitrogen and oxygen atoms in total. The topological polar surface area (TPSA) is 86.3 Å². The first-order valence-corrected chi connectivity index (χ1v) is 10.0. The van der Waals surface area contributed by atoms with E-state index >= 15 is 0 Å². The van der Waals surface area contributed by atoms with Crippen molar-refractivity contribution in [2.75, 3.05) is 10.5 Å². The smallest absolute Gasteiger partial charge is 0.261 e. The minimum absolute atomic E-state index is 0.0990. The molecule has 0 unspecified atom stereocenters. The second-order valence-electron chi connectivity index (χ2n) is 5.22. The zero-order valence-electron chi connectivity index (χ0n) is 13.5. The van der Waals surface area contributed by atoms with Crippen molar-refractivity contribution in [3.8, 4) is 0 Å². The average molecular weight is 376 g/mol. The number of sulfonamides is 1. The number of carbonyl (C=O) groups excluding carboxylic acids is 1. The molecule has 2 aromatic carbocycles. The molecule has 25 heavy (non-hydrogen) atoms. The Morgan fingerprint density at radius 3 is 2.48 bits per heavy atom. The van der Waals surface area contributed by atoms with Crippen LogP contribution in [0.1, 0.15) is 12.0 Å². The maximum Gasteiger partial charge on any atom is 0.261 e. The molecule has 0 saturated carbocycles. The zero-order valence-corrected chi connectivity index (χ0v) is 15.1. The van der Waals surface area contributed by atoms with E-state index in [1.54, 1.807) is 30.3 Å². The van der Waals surface area contributed by atoms with Gasteiger partial charge in [-0.15, -0.1) is 18.3 Å². The number of nitrogens with one attached hydrogen (secondary N) is 1. The Balaban J connectivity index is 2.16. The Kier molecular flexibility index (Phi) is 6.66. The van der Waals surface area contributed by atoms with Crippen molar-refractivity contribution in [2.45, 2.75) is 22.6 Å². The molecular formula is C18H18NO4S2-. The fraction of sp³-hybridized carbons (Fsp3) is 0.167. The fourth-order valence-corrected chi connectivity index (χ4v) is 4.00. The van der Waals surface area contributed by atoms with Gasteiger partial charge in [0.15, 0.2) is 0 Å². The lowest BCUT2D eigenvalue weighted by molar-refractivity contribution is -0.305. The van der Waals surface area contributed by atoms with Crippen LogP contribution in [0.3, 0.4) is 0 Å². The standard InChI is InChI=1S/C18H19NO4S2/c1-2-13-24-17-6-4-3-5-16(17)19-25(22,23)15-10-7-14(8-11-15)9-12-18(20)21/h2-8,10-11,19H,1,9,12-13H2,(H,20,21)/p-1. The van der Waals surface area contributed by atoms with Crippen LogP contribution in [-0.4, -0.2) is 20.1 Å². The van der Waals surface area contributed by atoms with Crippen molar-refractivity contribution < 1.29 is 18.3 Å².